The maximum absolute atomic E-state index is 13.2. The van der Waals surface area contributed by atoms with Crippen LogP contribution in [-0.4, -0.2) is 12.1 Å². The Labute approximate surface area is 169 Å². The average Bonchev–Trinajstić information content (AvgIpc) is 2.64. The minimum atomic E-state index is -1.40. The molecule has 0 fully saturated rings. The van der Waals surface area contributed by atoms with Crippen LogP contribution in [0.3, 0.4) is 0 Å². The Balaban J connectivity index is 2.27. The fourth-order valence-electron chi connectivity index (χ4n) is 3.08. The molecule has 5 heteroatoms. The largest absolute Gasteiger partial charge is 0.546 e. The van der Waals surface area contributed by atoms with Crippen LogP contribution in [-0.2, 0) is 10.2 Å². The molecule has 0 saturated carbocycles. The number of aryl methyl sites for hydroxylation is 2. The summed E-state index contributed by atoms with van der Waals surface area (Å²) in [5.41, 5.74) is 3.69. The van der Waals surface area contributed by atoms with Crippen LogP contribution in [0.1, 0.15) is 44.4 Å². The number of aliphatic carboxylic acids is 1. The van der Waals surface area contributed by atoms with Crippen LogP contribution in [0.5, 0.6) is 5.75 Å². The molecule has 1 heterocycles. The predicted octanol–water partition coefficient (Wildman–Crippen LogP) is 3.89. The van der Waals surface area contributed by atoms with Gasteiger partial charge >= 0.3 is 0 Å². The summed E-state index contributed by atoms with van der Waals surface area (Å²) in [6.45, 7) is 11.5. The molecule has 0 radical (unpaired) electrons. The number of carboxylic acids is 1. The zero-order valence-corrected chi connectivity index (χ0v) is 17.6. The van der Waals surface area contributed by atoms with E-state index in [0.717, 1.165) is 16.7 Å². The second-order valence-corrected chi connectivity index (χ2v) is 8.43. The Bertz CT molecular complexity index is 1130. The summed E-state index contributed by atoms with van der Waals surface area (Å²) >= 11 is 0. The topological polar surface area (TPSA) is 79.6 Å². The number of ether oxygens (including phenoxy) is 1. The SMILES string of the molecule is Cc1cc2oc(-c3ccc(C(C)(C)C)cc3)c(O[C@@H](C)C(=O)[O-])c(=O)c2cc1C. The Morgan fingerprint density at radius 2 is 1.66 bits per heavy atom. The summed E-state index contributed by atoms with van der Waals surface area (Å²) in [5.74, 6) is -1.32. The second-order valence-electron chi connectivity index (χ2n) is 8.43. The zero-order valence-electron chi connectivity index (χ0n) is 17.6. The van der Waals surface area contributed by atoms with E-state index in [1.165, 1.54) is 6.92 Å². The van der Waals surface area contributed by atoms with Gasteiger partial charge in [-0.3, -0.25) is 4.79 Å². The summed E-state index contributed by atoms with van der Waals surface area (Å²) in [4.78, 5) is 24.4. The highest BCUT2D eigenvalue weighted by Gasteiger charge is 2.21. The van der Waals surface area contributed by atoms with Crippen LogP contribution in [0.4, 0.5) is 0 Å². The lowest BCUT2D eigenvalue weighted by Gasteiger charge is -2.20. The van der Waals surface area contributed by atoms with Gasteiger partial charge < -0.3 is 19.1 Å². The summed E-state index contributed by atoms with van der Waals surface area (Å²) in [6.07, 6.45) is -1.30. The van der Waals surface area contributed by atoms with Gasteiger partial charge in [0.1, 0.15) is 11.7 Å². The van der Waals surface area contributed by atoms with Gasteiger partial charge in [-0.05, 0) is 55.0 Å². The number of benzene rings is 2. The van der Waals surface area contributed by atoms with Gasteiger partial charge in [0.15, 0.2) is 5.76 Å². The van der Waals surface area contributed by atoms with E-state index < -0.39 is 17.5 Å². The van der Waals surface area contributed by atoms with E-state index in [1.807, 2.05) is 44.2 Å². The first-order chi connectivity index (χ1) is 13.5. The normalized spacial score (nSPS) is 12.8. The van der Waals surface area contributed by atoms with E-state index in [4.69, 9.17) is 9.15 Å². The van der Waals surface area contributed by atoms with Gasteiger partial charge in [-0.25, -0.2) is 0 Å². The molecular formula is C24H25O5-. The Morgan fingerprint density at radius 1 is 1.07 bits per heavy atom. The number of carbonyl (C=O) groups excluding carboxylic acids is 1. The van der Waals surface area contributed by atoms with Gasteiger partial charge in [0.2, 0.25) is 11.2 Å². The molecule has 0 aliphatic heterocycles. The average molecular weight is 393 g/mol. The Hall–Kier alpha value is -3.08. The second kappa shape index (κ2) is 7.39. The molecule has 3 rings (SSSR count). The van der Waals surface area contributed by atoms with Crippen LogP contribution in [0, 0.1) is 13.8 Å². The van der Waals surface area contributed by atoms with Crippen molar-refractivity contribution in [3.63, 3.8) is 0 Å². The number of fused-ring (bicyclic) bond motifs is 1. The van der Waals surface area contributed by atoms with Crippen LogP contribution in [0.15, 0.2) is 45.6 Å². The van der Waals surface area contributed by atoms with Crippen molar-refractivity contribution in [3.8, 4) is 17.1 Å². The summed E-state index contributed by atoms with van der Waals surface area (Å²) in [5, 5.41) is 11.6. The van der Waals surface area contributed by atoms with Crippen LogP contribution in [0.2, 0.25) is 0 Å². The third kappa shape index (κ3) is 4.04. The van der Waals surface area contributed by atoms with Crippen molar-refractivity contribution >= 4 is 16.9 Å². The molecule has 1 aromatic heterocycles. The van der Waals surface area contributed by atoms with Crippen molar-refractivity contribution in [2.75, 3.05) is 0 Å². The number of rotatable bonds is 4. The van der Waals surface area contributed by atoms with Gasteiger partial charge in [0.05, 0.1) is 11.4 Å². The number of carboxylic acid groups (broad SMARTS) is 1. The molecular weight excluding hydrogens is 368 g/mol. The lowest BCUT2D eigenvalue weighted by atomic mass is 9.86. The Kier molecular flexibility index (Phi) is 5.26. The van der Waals surface area contributed by atoms with Gasteiger partial charge in [-0.2, -0.15) is 0 Å². The molecule has 0 N–H and O–H groups in total. The molecule has 1 atom stereocenters. The number of hydrogen-bond acceptors (Lipinski definition) is 5. The first-order valence-electron chi connectivity index (χ1n) is 9.55. The minimum absolute atomic E-state index is 0.0276. The van der Waals surface area contributed by atoms with Gasteiger partial charge in [0, 0.05) is 5.56 Å². The fraction of sp³-hybridized carbons (Fsp3) is 0.333. The molecule has 0 aliphatic carbocycles. The third-order valence-corrected chi connectivity index (χ3v) is 5.10. The molecule has 0 bridgehead atoms. The zero-order chi connectivity index (χ0) is 21.5. The van der Waals surface area contributed by atoms with E-state index in [1.54, 1.807) is 6.07 Å². The third-order valence-electron chi connectivity index (χ3n) is 5.10. The van der Waals surface area contributed by atoms with Crippen molar-refractivity contribution in [1.82, 2.24) is 0 Å². The van der Waals surface area contributed by atoms with Crippen LogP contribution in [0.25, 0.3) is 22.3 Å². The maximum Gasteiger partial charge on any atom is 0.235 e. The molecule has 3 aromatic rings. The van der Waals surface area contributed by atoms with E-state index in [2.05, 4.69) is 20.8 Å². The predicted molar refractivity (Wildman–Crippen MR) is 111 cm³/mol. The van der Waals surface area contributed by atoms with Crippen molar-refractivity contribution in [1.29, 1.82) is 0 Å². The van der Waals surface area contributed by atoms with Crippen LogP contribution >= 0.6 is 0 Å². The molecule has 0 amide bonds. The van der Waals surface area contributed by atoms with E-state index in [-0.39, 0.29) is 16.9 Å². The molecule has 0 aliphatic rings. The van der Waals surface area contributed by atoms with E-state index >= 15 is 0 Å². The number of hydrogen-bond donors (Lipinski definition) is 0. The van der Waals surface area contributed by atoms with Crippen molar-refractivity contribution < 1.29 is 19.1 Å². The van der Waals surface area contributed by atoms with Crippen molar-refractivity contribution in [3.05, 3.63) is 63.3 Å². The van der Waals surface area contributed by atoms with E-state index in [9.17, 15) is 14.7 Å². The molecule has 152 valence electrons. The summed E-state index contributed by atoms with van der Waals surface area (Å²) in [6, 6.07) is 11.2. The molecule has 29 heavy (non-hydrogen) atoms. The molecule has 5 nitrogen and oxygen atoms in total. The van der Waals surface area contributed by atoms with Crippen molar-refractivity contribution in [2.45, 2.75) is 53.1 Å². The molecule has 0 saturated heterocycles. The lowest BCUT2D eigenvalue weighted by molar-refractivity contribution is -0.312. The van der Waals surface area contributed by atoms with Crippen molar-refractivity contribution in [2.24, 2.45) is 0 Å². The smallest absolute Gasteiger partial charge is 0.235 e. The van der Waals surface area contributed by atoms with Gasteiger partial charge in [-0.1, -0.05) is 45.0 Å². The fourth-order valence-corrected chi connectivity index (χ4v) is 3.08. The summed E-state index contributed by atoms with van der Waals surface area (Å²) < 4.78 is 11.6. The first-order valence-corrected chi connectivity index (χ1v) is 9.55. The van der Waals surface area contributed by atoms with Gasteiger partial charge in [0.25, 0.3) is 0 Å². The monoisotopic (exact) mass is 393 g/mol. The molecule has 2 aromatic carbocycles. The first kappa shape index (κ1) is 20.6. The minimum Gasteiger partial charge on any atom is -0.546 e. The molecule has 0 unspecified atom stereocenters. The molecule has 0 spiro atoms. The summed E-state index contributed by atoms with van der Waals surface area (Å²) in [7, 11) is 0. The van der Waals surface area contributed by atoms with Crippen LogP contribution < -0.4 is 15.3 Å². The maximum atomic E-state index is 13.2. The highest BCUT2D eigenvalue weighted by molar-refractivity contribution is 5.83. The highest BCUT2D eigenvalue weighted by Crippen LogP contribution is 2.34. The quantitative estimate of drug-likeness (QED) is 0.672. The number of carbonyl (C=O) groups is 1. The Morgan fingerprint density at radius 3 is 2.21 bits per heavy atom. The standard InChI is InChI=1S/C24H26O5/c1-13-11-18-19(12-14(13)2)29-21(22(20(18)25)28-15(3)23(26)27)16-7-9-17(10-8-16)24(4,5)6/h7-12,15H,1-6H3,(H,26,27)/p-1/t15-/m0/s1. The lowest BCUT2D eigenvalue weighted by Crippen LogP contribution is -2.38. The van der Waals surface area contributed by atoms with Gasteiger partial charge in [-0.15, -0.1) is 0 Å². The van der Waals surface area contributed by atoms with E-state index in [0.29, 0.717) is 16.5 Å². The highest BCUT2D eigenvalue weighted by atomic mass is 16.5.